The van der Waals surface area contributed by atoms with Crippen molar-refractivity contribution in [1.29, 1.82) is 21.0 Å². The van der Waals surface area contributed by atoms with E-state index in [1.54, 1.807) is 57.3 Å². The van der Waals surface area contributed by atoms with Gasteiger partial charge in [-0.05, 0) is 91.4 Å². The van der Waals surface area contributed by atoms with Crippen LogP contribution in [0.1, 0.15) is 126 Å². The average molecular weight is 1620 g/mol. The summed E-state index contributed by atoms with van der Waals surface area (Å²) in [5, 5.41) is 34.0. The Morgan fingerprint density at radius 2 is 0.697 bits per heavy atom. The first-order chi connectivity index (χ1) is 50.5. The molecule has 6 atom stereocenters. The van der Waals surface area contributed by atoms with Crippen LogP contribution in [0.15, 0.2) is 192 Å². The number of hydrogen-bond acceptors (Lipinski definition) is 18. The van der Waals surface area contributed by atoms with Crippen molar-refractivity contribution in [2.45, 2.75) is 161 Å². The Bertz CT molecular complexity index is 3580. The highest BCUT2D eigenvalue weighted by molar-refractivity contribution is 6.61. The van der Waals surface area contributed by atoms with Crippen molar-refractivity contribution in [3.05, 3.63) is 215 Å². The third-order valence-corrected chi connectivity index (χ3v) is 14.5. The summed E-state index contributed by atoms with van der Waals surface area (Å²) in [6.45, 7) is 8.83. The summed E-state index contributed by atoms with van der Waals surface area (Å²) >= 11 is 9.93. The number of carbonyl (C=O) groups is 4. The number of nitrogens with zero attached hydrogens (tertiary/aromatic N) is 6. The number of benzene rings is 6. The molecule has 109 heavy (non-hydrogen) atoms. The lowest BCUT2D eigenvalue weighted by molar-refractivity contribution is -0.148. The molecule has 6 aromatic carbocycles. The fourth-order valence-corrected chi connectivity index (χ4v) is 7.80. The van der Waals surface area contributed by atoms with Crippen LogP contribution in [0.5, 0.6) is 0 Å². The van der Waals surface area contributed by atoms with Gasteiger partial charge in [-0.2, -0.15) is 21.0 Å². The Morgan fingerprint density at radius 3 is 0.945 bits per heavy atom. The van der Waals surface area contributed by atoms with Crippen LogP contribution >= 0.6 is 48.0 Å². The molecule has 6 unspecified atom stereocenters. The van der Waals surface area contributed by atoms with Gasteiger partial charge in [0, 0.05) is 67.7 Å². The van der Waals surface area contributed by atoms with Gasteiger partial charge in [-0.3, -0.25) is 32.7 Å². The molecule has 0 aliphatic heterocycles. The van der Waals surface area contributed by atoms with Crippen LogP contribution in [0, 0.1) is 56.2 Å². The molecule has 598 valence electrons. The standard InChI is InChI=1S/C14H19F2NO2.C14H20FNO2.C12H12F2N2.C12H13FN2.2C8H7ClO2.C5H8F2N2.C5H9FN2.2ClH/c1-14(10-17,7-12(15)16)8-13(18)19-9-11-5-3-2-4-6-11;1-14(11-16,7-8-15)9-13(17)18-10-12-5-3-2-4-6-12;1-12(9-15,7-11(13)14)16-8-10-5-3-2-4-6-10;1-12(10-14,7-8-13)15-9-11-5-3-2-4-6-11;2*9-8(10)11-6-7-4-2-1-3-5-7;1-5(9,3-8)2-4(6)7;1-5(8,4-7)2-3-6;;/h2-6,12H,7-10,17H2,1H3;2-6H,7-11,16H2,1H3;2-6,8,11H,7H2,1H3;2-6,9H,7-8H2,1H3;2*1-5H,6H2;4H,2,9H2,1H3;2-3,8H2,1H3;2*1H. The molecule has 31 heteroatoms. The van der Waals surface area contributed by atoms with Crippen LogP contribution < -0.4 is 22.9 Å². The van der Waals surface area contributed by atoms with Gasteiger partial charge in [-0.15, -0.1) is 24.8 Å². The molecular formula is C78H97Cl4F9N10O8. The van der Waals surface area contributed by atoms with E-state index in [0.717, 1.165) is 33.4 Å². The fraction of sp³-hybridized carbons (Fsp3) is 0.410. The fourth-order valence-electron chi connectivity index (χ4n) is 7.69. The van der Waals surface area contributed by atoms with E-state index in [0.29, 0.717) is 0 Å². The molecule has 18 nitrogen and oxygen atoms in total. The molecule has 0 saturated heterocycles. The van der Waals surface area contributed by atoms with Crippen molar-refractivity contribution < 1.29 is 77.6 Å². The number of esters is 2. The lowest BCUT2D eigenvalue weighted by Gasteiger charge is -2.26. The SMILES string of the molecule is CC(C#N)(CC(F)F)N=Cc1ccccc1.CC(C#N)(CCF)N=Cc1ccccc1.CC(CN)(CC(=O)OCc1ccccc1)CC(F)F.CC(CN)(CCF)CC(=O)OCc1ccccc1.CC(N)(C#N)CC(F)F.CC(N)(C#N)CCF.Cl.Cl.O=C(Cl)OCc1ccccc1.O=C(Cl)OCc1ccccc1. The van der Waals surface area contributed by atoms with Gasteiger partial charge in [-0.25, -0.2) is 35.9 Å². The lowest BCUT2D eigenvalue weighted by Crippen LogP contribution is -2.36. The Balaban J connectivity index is -0.000000585. The van der Waals surface area contributed by atoms with E-state index in [2.05, 4.69) is 19.5 Å². The van der Waals surface area contributed by atoms with Crippen LogP contribution in [-0.2, 0) is 55.0 Å². The lowest BCUT2D eigenvalue weighted by atomic mass is 9.83. The molecule has 0 amide bonds. The van der Waals surface area contributed by atoms with Crippen molar-refractivity contribution in [1.82, 2.24) is 0 Å². The Kier molecular flexibility index (Phi) is 59.2. The molecule has 6 rings (SSSR count). The summed E-state index contributed by atoms with van der Waals surface area (Å²) < 4.78 is 128. The number of nitriles is 4. The van der Waals surface area contributed by atoms with Gasteiger partial charge in [0.05, 0.1) is 57.1 Å². The van der Waals surface area contributed by atoms with Crippen molar-refractivity contribution in [3.8, 4) is 24.3 Å². The minimum Gasteiger partial charge on any atom is -0.461 e. The maximum atomic E-state index is 12.4. The highest BCUT2D eigenvalue weighted by atomic mass is 35.5. The van der Waals surface area contributed by atoms with Crippen molar-refractivity contribution in [2.75, 3.05) is 33.1 Å². The molecule has 8 N–H and O–H groups in total. The second-order valence-electron chi connectivity index (χ2n) is 25.0. The Morgan fingerprint density at radius 1 is 0.413 bits per heavy atom. The van der Waals surface area contributed by atoms with E-state index < -0.39 is 108 Å². The minimum atomic E-state index is -2.53. The highest BCUT2D eigenvalue weighted by Crippen LogP contribution is 2.29. The molecule has 0 saturated carbocycles. The number of ether oxygens (including phenoxy) is 4. The second-order valence-corrected chi connectivity index (χ2v) is 25.6. The largest absolute Gasteiger partial charge is 0.461 e. The molecule has 0 heterocycles. The van der Waals surface area contributed by atoms with Gasteiger partial charge in [0.1, 0.15) is 48.6 Å². The molecule has 6 aromatic rings. The van der Waals surface area contributed by atoms with Gasteiger partial charge in [0.15, 0.2) is 0 Å². The second kappa shape index (κ2) is 60.7. The molecule has 0 aliphatic rings. The third-order valence-electron chi connectivity index (χ3n) is 14.3. The molecular weight excluding hydrogens is 1520 g/mol. The number of aliphatic imine (C=N–C) groups is 2. The van der Waals surface area contributed by atoms with E-state index in [1.807, 2.05) is 176 Å². The Labute approximate surface area is 655 Å². The van der Waals surface area contributed by atoms with E-state index in [9.17, 15) is 58.7 Å². The first-order valence-corrected chi connectivity index (χ1v) is 33.7. The van der Waals surface area contributed by atoms with Crippen molar-refractivity contribution in [2.24, 2.45) is 43.7 Å². The number of alkyl halides is 9. The summed E-state index contributed by atoms with van der Waals surface area (Å²) in [5.74, 6) is -0.835. The molecule has 0 aliphatic carbocycles. The number of rotatable bonds is 30. The zero-order valence-electron chi connectivity index (χ0n) is 61.5. The van der Waals surface area contributed by atoms with Crippen molar-refractivity contribution in [3.63, 3.8) is 0 Å². The smallest absolute Gasteiger partial charge is 0.404 e. The summed E-state index contributed by atoms with van der Waals surface area (Å²) in [7, 11) is 0. The summed E-state index contributed by atoms with van der Waals surface area (Å²) in [6.07, 6.45) is -5.38. The number of halogens is 13. The zero-order chi connectivity index (χ0) is 81.2. The molecule has 0 bridgehead atoms. The van der Waals surface area contributed by atoms with Crippen molar-refractivity contribution >= 4 is 83.2 Å². The predicted octanol–water partition coefficient (Wildman–Crippen LogP) is 18.4. The van der Waals surface area contributed by atoms with E-state index in [-0.39, 0.29) is 102 Å². The van der Waals surface area contributed by atoms with Gasteiger partial charge < -0.3 is 41.9 Å². The number of nitrogens with two attached hydrogens (primary N) is 4. The summed E-state index contributed by atoms with van der Waals surface area (Å²) in [5.41, 5.74) is 19.1. The summed E-state index contributed by atoms with van der Waals surface area (Å²) in [4.78, 5) is 51.7. The topological polar surface area (TPSA) is 329 Å². The first kappa shape index (κ1) is 106. The van der Waals surface area contributed by atoms with Crippen LogP contribution in [0.3, 0.4) is 0 Å². The molecule has 0 fully saturated rings. The van der Waals surface area contributed by atoms with Gasteiger partial charge in [-0.1, -0.05) is 196 Å². The molecule has 0 aromatic heterocycles. The number of hydrogen-bond donors (Lipinski definition) is 4. The quantitative estimate of drug-likeness (QED) is 0.0107. The maximum absolute atomic E-state index is 12.4. The summed E-state index contributed by atoms with van der Waals surface area (Å²) in [6, 6.07) is 63.0. The predicted molar refractivity (Wildman–Crippen MR) is 412 cm³/mol. The van der Waals surface area contributed by atoms with Crippen LogP contribution in [0.4, 0.5) is 49.1 Å². The number of carbonyl (C=O) groups excluding carboxylic acids is 4. The Hall–Kier alpha value is -9.13. The maximum Gasteiger partial charge on any atom is 0.404 e. The monoisotopic (exact) mass is 1610 g/mol. The zero-order valence-corrected chi connectivity index (χ0v) is 64.6. The minimum absolute atomic E-state index is 0. The van der Waals surface area contributed by atoms with Gasteiger partial charge >= 0.3 is 22.8 Å². The normalized spacial score (nSPS) is 13.5. The van der Waals surface area contributed by atoms with Crippen LogP contribution in [0.25, 0.3) is 0 Å². The highest BCUT2D eigenvalue weighted by Gasteiger charge is 2.31. The van der Waals surface area contributed by atoms with E-state index in [4.69, 9.17) is 76.7 Å². The van der Waals surface area contributed by atoms with Crippen LogP contribution in [0.2, 0.25) is 0 Å². The first-order valence-electron chi connectivity index (χ1n) is 33.0. The third kappa shape index (κ3) is 58.6. The average Bonchev–Trinajstić information content (AvgIpc) is 0.913. The van der Waals surface area contributed by atoms with E-state index in [1.165, 1.54) is 27.0 Å². The van der Waals surface area contributed by atoms with Gasteiger partial charge in [0.25, 0.3) is 0 Å². The van der Waals surface area contributed by atoms with Crippen LogP contribution in [-0.4, -0.2) is 110 Å². The van der Waals surface area contributed by atoms with Gasteiger partial charge in [0.2, 0.25) is 19.3 Å². The van der Waals surface area contributed by atoms with E-state index >= 15 is 0 Å². The molecule has 0 spiro atoms. The molecule has 0 radical (unpaired) electrons.